The molecule has 2 rings (SSSR count). The summed E-state index contributed by atoms with van der Waals surface area (Å²) >= 11 is 5.29. The van der Waals surface area contributed by atoms with Crippen LogP contribution in [-0.2, 0) is 0 Å². The van der Waals surface area contributed by atoms with E-state index in [2.05, 4.69) is 53.8 Å². The number of nitrogens with one attached hydrogen (secondary N) is 1. The lowest BCUT2D eigenvalue weighted by Gasteiger charge is -2.07. The lowest BCUT2D eigenvalue weighted by molar-refractivity contribution is 0.621. The number of anilines is 1. The molecule has 1 aromatic heterocycles. The first-order chi connectivity index (χ1) is 8.61. The fraction of sp³-hybridized carbons (Fsp3) is 0.167. The lowest BCUT2D eigenvalue weighted by atomic mass is 10.2. The molecular formula is C12H10BrFIN3. The first kappa shape index (κ1) is 13.7. The Morgan fingerprint density at radius 1 is 1.44 bits per heavy atom. The van der Waals surface area contributed by atoms with Gasteiger partial charge in [-0.2, -0.15) is 0 Å². The predicted molar refractivity (Wildman–Crippen MR) is 82.0 cm³/mol. The molecule has 0 fully saturated rings. The second-order valence-electron chi connectivity index (χ2n) is 3.55. The van der Waals surface area contributed by atoms with Crippen molar-refractivity contribution in [1.82, 2.24) is 9.97 Å². The third-order valence-electron chi connectivity index (χ3n) is 2.27. The van der Waals surface area contributed by atoms with E-state index in [-0.39, 0.29) is 5.82 Å². The summed E-state index contributed by atoms with van der Waals surface area (Å²) < 4.78 is 14.8. The summed E-state index contributed by atoms with van der Waals surface area (Å²) in [5, 5.41) is 3.15. The Bertz CT molecular complexity index is 577. The SMILES string of the molecule is CCNc1nc(-c2ccc(Br)c(F)c2)ncc1I. The molecule has 0 bridgehead atoms. The van der Waals surface area contributed by atoms with Crippen LogP contribution < -0.4 is 5.32 Å². The predicted octanol–water partition coefficient (Wildman–Crippen LogP) is 4.08. The van der Waals surface area contributed by atoms with Crippen molar-refractivity contribution >= 4 is 44.3 Å². The van der Waals surface area contributed by atoms with Crippen LogP contribution in [0, 0.1) is 9.39 Å². The molecule has 18 heavy (non-hydrogen) atoms. The molecule has 0 aliphatic heterocycles. The van der Waals surface area contributed by atoms with Crippen LogP contribution in [0.15, 0.2) is 28.9 Å². The van der Waals surface area contributed by atoms with E-state index < -0.39 is 0 Å². The molecule has 1 heterocycles. The third kappa shape index (κ3) is 2.97. The van der Waals surface area contributed by atoms with Crippen molar-refractivity contribution < 1.29 is 4.39 Å². The van der Waals surface area contributed by atoms with E-state index in [1.54, 1.807) is 18.3 Å². The Hall–Kier alpha value is -0.760. The number of aromatic nitrogens is 2. The highest BCUT2D eigenvalue weighted by molar-refractivity contribution is 14.1. The highest BCUT2D eigenvalue weighted by atomic mass is 127. The van der Waals surface area contributed by atoms with Gasteiger partial charge in [0.05, 0.1) is 8.04 Å². The van der Waals surface area contributed by atoms with Crippen molar-refractivity contribution in [2.24, 2.45) is 0 Å². The van der Waals surface area contributed by atoms with Gasteiger partial charge >= 0.3 is 0 Å². The quantitative estimate of drug-likeness (QED) is 0.758. The number of hydrogen-bond acceptors (Lipinski definition) is 3. The van der Waals surface area contributed by atoms with Gasteiger partial charge in [-0.15, -0.1) is 0 Å². The van der Waals surface area contributed by atoms with Crippen LogP contribution in [-0.4, -0.2) is 16.5 Å². The molecule has 1 aromatic carbocycles. The van der Waals surface area contributed by atoms with Gasteiger partial charge in [0.15, 0.2) is 5.82 Å². The molecule has 94 valence electrons. The highest BCUT2D eigenvalue weighted by Gasteiger charge is 2.08. The van der Waals surface area contributed by atoms with Gasteiger partial charge < -0.3 is 5.32 Å². The molecule has 1 N–H and O–H groups in total. The largest absolute Gasteiger partial charge is 0.369 e. The summed E-state index contributed by atoms with van der Waals surface area (Å²) in [5.74, 6) is 0.962. The number of nitrogens with zero attached hydrogens (tertiary/aromatic N) is 2. The zero-order chi connectivity index (χ0) is 13.1. The fourth-order valence-electron chi connectivity index (χ4n) is 1.43. The van der Waals surface area contributed by atoms with Gasteiger partial charge in [-0.1, -0.05) is 0 Å². The van der Waals surface area contributed by atoms with E-state index in [1.807, 2.05) is 6.92 Å². The minimum Gasteiger partial charge on any atom is -0.369 e. The smallest absolute Gasteiger partial charge is 0.161 e. The van der Waals surface area contributed by atoms with E-state index in [1.165, 1.54) is 6.07 Å². The molecule has 0 saturated carbocycles. The zero-order valence-electron chi connectivity index (χ0n) is 9.54. The molecule has 0 spiro atoms. The van der Waals surface area contributed by atoms with Crippen LogP contribution in [0.5, 0.6) is 0 Å². The van der Waals surface area contributed by atoms with E-state index in [9.17, 15) is 4.39 Å². The number of hydrogen-bond donors (Lipinski definition) is 1. The lowest BCUT2D eigenvalue weighted by Crippen LogP contribution is -2.03. The Balaban J connectivity index is 2.44. The van der Waals surface area contributed by atoms with E-state index in [0.717, 1.165) is 15.9 Å². The van der Waals surface area contributed by atoms with Crippen LogP contribution in [0.25, 0.3) is 11.4 Å². The molecule has 0 unspecified atom stereocenters. The number of benzene rings is 1. The molecule has 0 amide bonds. The Kier molecular flexibility index (Phi) is 4.50. The van der Waals surface area contributed by atoms with Gasteiger partial charge in [0.1, 0.15) is 11.6 Å². The second kappa shape index (κ2) is 5.92. The highest BCUT2D eigenvalue weighted by Crippen LogP contribution is 2.24. The van der Waals surface area contributed by atoms with Gasteiger partial charge in [0.2, 0.25) is 0 Å². The zero-order valence-corrected chi connectivity index (χ0v) is 13.3. The minimum absolute atomic E-state index is 0.320. The standard InChI is InChI=1S/C12H10BrFIN3/c1-2-16-12-10(15)6-17-11(18-12)7-3-4-8(13)9(14)5-7/h3-6H,2H2,1H3,(H,16,17,18). The molecule has 0 radical (unpaired) electrons. The van der Waals surface area contributed by atoms with E-state index in [0.29, 0.717) is 15.9 Å². The molecule has 0 aliphatic rings. The van der Waals surface area contributed by atoms with Crippen molar-refractivity contribution in [3.05, 3.63) is 38.3 Å². The normalized spacial score (nSPS) is 10.4. The Morgan fingerprint density at radius 2 is 2.22 bits per heavy atom. The second-order valence-corrected chi connectivity index (χ2v) is 5.57. The molecule has 0 aliphatic carbocycles. The Morgan fingerprint density at radius 3 is 2.89 bits per heavy atom. The topological polar surface area (TPSA) is 37.8 Å². The van der Waals surface area contributed by atoms with Crippen LogP contribution >= 0.6 is 38.5 Å². The summed E-state index contributed by atoms with van der Waals surface area (Å²) in [4.78, 5) is 8.61. The maximum atomic E-state index is 13.5. The monoisotopic (exact) mass is 421 g/mol. The average Bonchev–Trinajstić information content (AvgIpc) is 2.36. The van der Waals surface area contributed by atoms with Crippen LogP contribution in [0.4, 0.5) is 10.2 Å². The first-order valence-corrected chi connectivity index (χ1v) is 7.21. The van der Waals surface area contributed by atoms with Gasteiger partial charge in [0.25, 0.3) is 0 Å². The number of halogens is 3. The van der Waals surface area contributed by atoms with E-state index >= 15 is 0 Å². The third-order valence-corrected chi connectivity index (χ3v) is 3.70. The summed E-state index contributed by atoms with van der Waals surface area (Å²) in [6, 6.07) is 4.85. The average molecular weight is 422 g/mol. The van der Waals surface area contributed by atoms with Gasteiger partial charge in [-0.25, -0.2) is 14.4 Å². The van der Waals surface area contributed by atoms with Gasteiger partial charge in [-0.3, -0.25) is 0 Å². The summed E-state index contributed by atoms with van der Waals surface area (Å²) in [6.45, 7) is 2.78. The van der Waals surface area contributed by atoms with Crippen LogP contribution in [0.3, 0.4) is 0 Å². The fourth-order valence-corrected chi connectivity index (χ4v) is 2.13. The molecule has 2 aromatic rings. The number of rotatable bonds is 3. The summed E-state index contributed by atoms with van der Waals surface area (Å²) in [7, 11) is 0. The summed E-state index contributed by atoms with van der Waals surface area (Å²) in [6.07, 6.45) is 1.72. The minimum atomic E-state index is -0.320. The van der Waals surface area contributed by atoms with E-state index in [4.69, 9.17) is 0 Å². The first-order valence-electron chi connectivity index (χ1n) is 5.33. The molecule has 0 saturated heterocycles. The molecular weight excluding hydrogens is 412 g/mol. The van der Waals surface area contributed by atoms with Crippen molar-refractivity contribution in [3.63, 3.8) is 0 Å². The maximum Gasteiger partial charge on any atom is 0.161 e. The maximum absolute atomic E-state index is 13.5. The molecule has 6 heteroatoms. The van der Waals surface area contributed by atoms with Crippen LogP contribution in [0.2, 0.25) is 0 Å². The summed E-state index contributed by atoms with van der Waals surface area (Å²) in [5.41, 5.74) is 0.659. The molecule has 3 nitrogen and oxygen atoms in total. The van der Waals surface area contributed by atoms with Crippen molar-refractivity contribution in [3.8, 4) is 11.4 Å². The van der Waals surface area contributed by atoms with Crippen molar-refractivity contribution in [2.45, 2.75) is 6.92 Å². The van der Waals surface area contributed by atoms with Crippen molar-refractivity contribution in [1.29, 1.82) is 0 Å². The van der Waals surface area contributed by atoms with Gasteiger partial charge in [-0.05, 0) is 63.6 Å². The van der Waals surface area contributed by atoms with Crippen LogP contribution in [0.1, 0.15) is 6.92 Å². The molecule has 0 atom stereocenters. The Labute approximate surface area is 127 Å². The van der Waals surface area contributed by atoms with Crippen molar-refractivity contribution in [2.75, 3.05) is 11.9 Å². The van der Waals surface area contributed by atoms with Gasteiger partial charge in [0, 0.05) is 18.3 Å².